The first-order chi connectivity index (χ1) is 12.0. The third kappa shape index (κ3) is 6.62. The van der Waals surface area contributed by atoms with Crippen LogP contribution >= 0.6 is 0 Å². The average Bonchev–Trinajstić information content (AvgIpc) is 3.01. The molecule has 2 rings (SSSR count). The second kappa shape index (κ2) is 9.27. The standard InChI is InChI=1S/C18H28N4O3/c1-14(23)22-15-6-4-7-16(12-15)24-11-9-20-17(19-3)21-13-18(2)8-5-10-25-18/h4,6-7,12H,5,8-11,13H2,1-3H3,(H,22,23)(H2,19,20,21). The van der Waals surface area contributed by atoms with Crippen LogP contribution in [0.1, 0.15) is 26.7 Å². The molecule has 1 unspecified atom stereocenters. The fourth-order valence-electron chi connectivity index (χ4n) is 2.67. The van der Waals surface area contributed by atoms with Crippen molar-refractivity contribution in [1.29, 1.82) is 0 Å². The van der Waals surface area contributed by atoms with E-state index in [0.29, 0.717) is 18.9 Å². The summed E-state index contributed by atoms with van der Waals surface area (Å²) in [5.41, 5.74) is 0.610. The van der Waals surface area contributed by atoms with E-state index >= 15 is 0 Å². The van der Waals surface area contributed by atoms with Gasteiger partial charge in [-0.1, -0.05) is 6.07 Å². The number of benzene rings is 1. The van der Waals surface area contributed by atoms with Gasteiger partial charge in [0.2, 0.25) is 5.91 Å². The minimum absolute atomic E-state index is 0.103. The summed E-state index contributed by atoms with van der Waals surface area (Å²) in [4.78, 5) is 15.3. The van der Waals surface area contributed by atoms with Gasteiger partial charge in [0.1, 0.15) is 12.4 Å². The van der Waals surface area contributed by atoms with Crippen molar-refractivity contribution in [2.75, 3.05) is 38.7 Å². The van der Waals surface area contributed by atoms with Crippen LogP contribution in [0, 0.1) is 0 Å². The van der Waals surface area contributed by atoms with Crippen molar-refractivity contribution in [2.45, 2.75) is 32.3 Å². The molecule has 0 saturated carbocycles. The number of hydrogen-bond acceptors (Lipinski definition) is 4. The van der Waals surface area contributed by atoms with Gasteiger partial charge in [-0.05, 0) is 31.9 Å². The second-order valence-corrected chi connectivity index (χ2v) is 6.31. The number of hydrogen-bond donors (Lipinski definition) is 3. The number of amides is 1. The first-order valence-electron chi connectivity index (χ1n) is 8.60. The molecule has 1 heterocycles. The van der Waals surface area contributed by atoms with Crippen LogP contribution in [0.25, 0.3) is 0 Å². The highest BCUT2D eigenvalue weighted by atomic mass is 16.5. The van der Waals surface area contributed by atoms with E-state index in [4.69, 9.17) is 9.47 Å². The van der Waals surface area contributed by atoms with Gasteiger partial charge >= 0.3 is 0 Å². The molecular formula is C18H28N4O3. The first kappa shape index (κ1) is 19.1. The molecule has 0 radical (unpaired) electrons. The number of nitrogens with one attached hydrogen (secondary N) is 3. The molecule has 1 aromatic rings. The third-order valence-electron chi connectivity index (χ3n) is 3.97. The molecule has 1 aliphatic heterocycles. The van der Waals surface area contributed by atoms with Crippen LogP contribution in [0.4, 0.5) is 5.69 Å². The Hall–Kier alpha value is -2.28. The van der Waals surface area contributed by atoms with E-state index < -0.39 is 0 Å². The molecule has 1 saturated heterocycles. The summed E-state index contributed by atoms with van der Waals surface area (Å²) in [7, 11) is 1.74. The van der Waals surface area contributed by atoms with Crippen LogP contribution in [0.15, 0.2) is 29.3 Å². The predicted molar refractivity (Wildman–Crippen MR) is 99.2 cm³/mol. The van der Waals surface area contributed by atoms with E-state index in [0.717, 1.165) is 37.6 Å². The third-order valence-corrected chi connectivity index (χ3v) is 3.97. The molecule has 1 amide bonds. The number of anilines is 1. The van der Waals surface area contributed by atoms with Gasteiger partial charge in [0.05, 0.1) is 12.1 Å². The quantitative estimate of drug-likeness (QED) is 0.397. The van der Waals surface area contributed by atoms with Crippen molar-refractivity contribution in [3.05, 3.63) is 24.3 Å². The van der Waals surface area contributed by atoms with Gasteiger partial charge in [-0.15, -0.1) is 0 Å². The SMILES string of the molecule is CN=C(NCCOc1cccc(NC(C)=O)c1)NCC1(C)CCCO1. The lowest BCUT2D eigenvalue weighted by Crippen LogP contribution is -2.46. The first-order valence-corrected chi connectivity index (χ1v) is 8.60. The van der Waals surface area contributed by atoms with Crippen molar-refractivity contribution in [3.63, 3.8) is 0 Å². The zero-order valence-corrected chi connectivity index (χ0v) is 15.2. The minimum atomic E-state index is -0.113. The lowest BCUT2D eigenvalue weighted by Gasteiger charge is -2.24. The number of nitrogens with zero attached hydrogens (tertiary/aromatic N) is 1. The van der Waals surface area contributed by atoms with Crippen molar-refractivity contribution >= 4 is 17.6 Å². The monoisotopic (exact) mass is 348 g/mol. The molecule has 1 atom stereocenters. The maximum atomic E-state index is 11.1. The maximum absolute atomic E-state index is 11.1. The van der Waals surface area contributed by atoms with Gasteiger partial charge in [0.25, 0.3) is 0 Å². The zero-order chi connectivity index (χ0) is 18.1. The molecule has 7 heteroatoms. The molecule has 0 bridgehead atoms. The topological polar surface area (TPSA) is 84.0 Å². The van der Waals surface area contributed by atoms with Gasteiger partial charge in [-0.2, -0.15) is 0 Å². The molecule has 25 heavy (non-hydrogen) atoms. The van der Waals surface area contributed by atoms with Crippen molar-refractivity contribution in [1.82, 2.24) is 10.6 Å². The smallest absolute Gasteiger partial charge is 0.221 e. The van der Waals surface area contributed by atoms with Crippen LogP contribution in [0.5, 0.6) is 5.75 Å². The molecule has 7 nitrogen and oxygen atoms in total. The number of ether oxygens (including phenoxy) is 2. The van der Waals surface area contributed by atoms with Crippen molar-refractivity contribution < 1.29 is 14.3 Å². The van der Waals surface area contributed by atoms with Crippen molar-refractivity contribution in [3.8, 4) is 5.75 Å². The Morgan fingerprint density at radius 1 is 1.40 bits per heavy atom. The summed E-state index contributed by atoms with van der Waals surface area (Å²) in [6.07, 6.45) is 2.17. The number of carbonyl (C=O) groups excluding carboxylic acids is 1. The summed E-state index contributed by atoms with van der Waals surface area (Å²) in [5, 5.41) is 9.24. The summed E-state index contributed by atoms with van der Waals surface area (Å²) in [5.74, 6) is 1.34. The highest BCUT2D eigenvalue weighted by Gasteiger charge is 2.29. The summed E-state index contributed by atoms with van der Waals surface area (Å²) in [6.45, 7) is 6.25. The van der Waals surface area contributed by atoms with Crippen LogP contribution < -0.4 is 20.7 Å². The Bertz CT molecular complexity index is 598. The maximum Gasteiger partial charge on any atom is 0.221 e. The number of rotatable bonds is 7. The molecule has 0 aliphatic carbocycles. The zero-order valence-electron chi connectivity index (χ0n) is 15.2. The van der Waals surface area contributed by atoms with Crippen LogP contribution in [-0.4, -0.2) is 50.8 Å². The van der Waals surface area contributed by atoms with E-state index in [1.165, 1.54) is 6.92 Å². The number of aliphatic imine (C=N–C) groups is 1. The van der Waals surface area contributed by atoms with Gasteiger partial charge < -0.3 is 25.4 Å². The lowest BCUT2D eigenvalue weighted by atomic mass is 10.0. The Morgan fingerprint density at radius 2 is 2.24 bits per heavy atom. The van der Waals surface area contributed by atoms with E-state index in [1.54, 1.807) is 13.1 Å². The Morgan fingerprint density at radius 3 is 2.92 bits per heavy atom. The van der Waals surface area contributed by atoms with Crippen LogP contribution in [-0.2, 0) is 9.53 Å². The van der Waals surface area contributed by atoms with Gasteiger partial charge in [-0.25, -0.2) is 0 Å². The van der Waals surface area contributed by atoms with Crippen molar-refractivity contribution in [2.24, 2.45) is 4.99 Å². The highest BCUT2D eigenvalue weighted by Crippen LogP contribution is 2.23. The molecular weight excluding hydrogens is 320 g/mol. The van der Waals surface area contributed by atoms with Gasteiger partial charge in [0, 0.05) is 38.9 Å². The van der Waals surface area contributed by atoms with E-state index in [2.05, 4.69) is 27.9 Å². The Kier molecular flexibility index (Phi) is 7.06. The van der Waals surface area contributed by atoms with Gasteiger partial charge in [0.15, 0.2) is 5.96 Å². The minimum Gasteiger partial charge on any atom is -0.492 e. The normalized spacial score (nSPS) is 20.2. The van der Waals surface area contributed by atoms with E-state index in [9.17, 15) is 4.79 Å². The molecule has 138 valence electrons. The molecule has 3 N–H and O–H groups in total. The molecule has 0 spiro atoms. The molecule has 1 aliphatic rings. The molecule has 1 aromatic carbocycles. The van der Waals surface area contributed by atoms with E-state index in [1.807, 2.05) is 18.2 Å². The Balaban J connectivity index is 1.69. The van der Waals surface area contributed by atoms with Gasteiger partial charge in [-0.3, -0.25) is 9.79 Å². The largest absolute Gasteiger partial charge is 0.492 e. The number of guanidine groups is 1. The fraction of sp³-hybridized carbons (Fsp3) is 0.556. The summed E-state index contributed by atoms with van der Waals surface area (Å²) >= 11 is 0. The molecule has 0 aromatic heterocycles. The van der Waals surface area contributed by atoms with E-state index in [-0.39, 0.29) is 11.5 Å². The number of carbonyl (C=O) groups is 1. The average molecular weight is 348 g/mol. The lowest BCUT2D eigenvalue weighted by molar-refractivity contribution is -0.114. The summed E-state index contributed by atoms with van der Waals surface area (Å²) < 4.78 is 11.5. The Labute approximate surface area is 149 Å². The molecule has 1 fully saturated rings. The predicted octanol–water partition coefficient (Wildman–Crippen LogP) is 1.76. The summed E-state index contributed by atoms with van der Waals surface area (Å²) in [6, 6.07) is 7.32. The van der Waals surface area contributed by atoms with Crippen LogP contribution in [0.2, 0.25) is 0 Å². The second-order valence-electron chi connectivity index (χ2n) is 6.31. The highest BCUT2D eigenvalue weighted by molar-refractivity contribution is 5.88. The van der Waals surface area contributed by atoms with Crippen LogP contribution in [0.3, 0.4) is 0 Å². The fourth-order valence-corrected chi connectivity index (χ4v) is 2.67.